The van der Waals surface area contributed by atoms with Crippen LogP contribution in [0.1, 0.15) is 26.3 Å². The molecule has 116 valence electrons. The first-order valence-electron chi connectivity index (χ1n) is 6.58. The predicted molar refractivity (Wildman–Crippen MR) is 86.4 cm³/mol. The van der Waals surface area contributed by atoms with Crippen LogP contribution >= 0.6 is 15.9 Å². The topological polar surface area (TPSA) is 58.6 Å². The number of likely N-dealkylation sites (N-methyl/N-ethyl adjacent to an activating group) is 1. The van der Waals surface area contributed by atoms with Crippen molar-refractivity contribution < 1.29 is 14.3 Å². The lowest BCUT2D eigenvalue weighted by Crippen LogP contribution is -2.38. The summed E-state index contributed by atoms with van der Waals surface area (Å²) >= 11 is 3.40. The highest BCUT2D eigenvalue weighted by molar-refractivity contribution is 9.10. The summed E-state index contributed by atoms with van der Waals surface area (Å²) in [6.07, 6.45) is -0.523. The highest BCUT2D eigenvalue weighted by atomic mass is 79.9. The first-order chi connectivity index (χ1) is 9.58. The fourth-order valence-corrected chi connectivity index (χ4v) is 1.79. The molecule has 1 aromatic carbocycles. The number of nitrogens with one attached hydrogen (secondary N) is 1. The molecule has 0 unspecified atom stereocenters. The van der Waals surface area contributed by atoms with E-state index in [-0.39, 0.29) is 12.5 Å². The smallest absolute Gasteiger partial charge is 0.410 e. The molecule has 2 amide bonds. The molecule has 5 nitrogen and oxygen atoms in total. The first-order valence-corrected chi connectivity index (χ1v) is 7.38. The minimum absolute atomic E-state index is 0.0655. The molecule has 0 aliphatic rings. The van der Waals surface area contributed by atoms with Gasteiger partial charge in [-0.05, 0) is 51.5 Å². The molecule has 1 rings (SSSR count). The molecule has 1 aromatic rings. The van der Waals surface area contributed by atoms with Crippen molar-refractivity contribution in [3.8, 4) is 0 Å². The second kappa shape index (κ2) is 6.93. The van der Waals surface area contributed by atoms with Crippen molar-refractivity contribution in [1.29, 1.82) is 0 Å². The first kappa shape index (κ1) is 17.5. The monoisotopic (exact) mass is 356 g/mol. The summed E-state index contributed by atoms with van der Waals surface area (Å²) in [6, 6.07) is 5.51. The molecule has 0 bridgehead atoms. The Morgan fingerprint density at radius 3 is 2.48 bits per heavy atom. The number of carbonyl (C=O) groups excluding carboxylic acids is 2. The van der Waals surface area contributed by atoms with Crippen molar-refractivity contribution in [1.82, 2.24) is 4.90 Å². The number of carbonyl (C=O) groups is 2. The molecule has 0 aliphatic carbocycles. The van der Waals surface area contributed by atoms with Crippen molar-refractivity contribution in [3.05, 3.63) is 28.2 Å². The number of amides is 2. The lowest BCUT2D eigenvalue weighted by atomic mass is 10.2. The molecular weight excluding hydrogens is 336 g/mol. The minimum Gasteiger partial charge on any atom is -0.444 e. The number of hydrogen-bond donors (Lipinski definition) is 1. The molecule has 0 saturated heterocycles. The zero-order valence-corrected chi connectivity index (χ0v) is 14.6. The average molecular weight is 357 g/mol. The van der Waals surface area contributed by atoms with E-state index in [1.807, 2.05) is 19.1 Å². The van der Waals surface area contributed by atoms with Gasteiger partial charge in [0.2, 0.25) is 5.91 Å². The van der Waals surface area contributed by atoms with Gasteiger partial charge in [-0.25, -0.2) is 4.79 Å². The van der Waals surface area contributed by atoms with E-state index in [4.69, 9.17) is 4.74 Å². The molecule has 0 saturated carbocycles. The van der Waals surface area contributed by atoms with Crippen molar-refractivity contribution in [2.75, 3.05) is 18.9 Å². The molecule has 21 heavy (non-hydrogen) atoms. The summed E-state index contributed by atoms with van der Waals surface area (Å²) in [5, 5.41) is 2.75. The highest BCUT2D eigenvalue weighted by Gasteiger charge is 2.21. The normalized spacial score (nSPS) is 11.0. The van der Waals surface area contributed by atoms with Gasteiger partial charge in [0.15, 0.2) is 0 Å². The second-order valence-electron chi connectivity index (χ2n) is 5.85. The van der Waals surface area contributed by atoms with Crippen LogP contribution in [0.4, 0.5) is 10.5 Å². The van der Waals surface area contributed by atoms with Crippen LogP contribution in [-0.4, -0.2) is 36.1 Å². The van der Waals surface area contributed by atoms with E-state index < -0.39 is 11.7 Å². The zero-order chi connectivity index (χ0) is 16.2. The molecule has 0 spiro atoms. The summed E-state index contributed by atoms with van der Waals surface area (Å²) in [5.74, 6) is -0.273. The Bertz CT molecular complexity index is 538. The van der Waals surface area contributed by atoms with Crippen LogP contribution in [0.25, 0.3) is 0 Å². The molecule has 0 fully saturated rings. The Kier molecular flexibility index (Phi) is 5.78. The number of nitrogens with zero attached hydrogens (tertiary/aromatic N) is 1. The SMILES string of the molecule is Cc1cc(NC(=O)CN(C)C(=O)OC(C)(C)C)ccc1Br. The van der Waals surface area contributed by atoms with Gasteiger partial charge in [0, 0.05) is 17.2 Å². The largest absolute Gasteiger partial charge is 0.444 e. The summed E-state index contributed by atoms with van der Waals surface area (Å²) in [6.45, 7) is 7.22. The lowest BCUT2D eigenvalue weighted by Gasteiger charge is -2.24. The van der Waals surface area contributed by atoms with Gasteiger partial charge in [-0.3, -0.25) is 4.79 Å². The third-order valence-electron chi connectivity index (χ3n) is 2.53. The van der Waals surface area contributed by atoms with Gasteiger partial charge < -0.3 is 15.0 Å². The van der Waals surface area contributed by atoms with Crippen LogP contribution in [0.15, 0.2) is 22.7 Å². The number of halogens is 1. The van der Waals surface area contributed by atoms with Crippen LogP contribution in [0, 0.1) is 6.92 Å². The van der Waals surface area contributed by atoms with E-state index in [1.54, 1.807) is 26.8 Å². The molecule has 0 atom stereocenters. The quantitative estimate of drug-likeness (QED) is 0.900. The summed E-state index contributed by atoms with van der Waals surface area (Å²) < 4.78 is 6.16. The lowest BCUT2D eigenvalue weighted by molar-refractivity contribution is -0.117. The number of aryl methyl sites for hydroxylation is 1. The van der Waals surface area contributed by atoms with Crippen LogP contribution in [0.5, 0.6) is 0 Å². The molecular formula is C15H21BrN2O3. The van der Waals surface area contributed by atoms with E-state index in [0.29, 0.717) is 5.69 Å². The Hall–Kier alpha value is -1.56. The molecule has 6 heteroatoms. The van der Waals surface area contributed by atoms with Crippen molar-refractivity contribution >= 4 is 33.6 Å². The zero-order valence-electron chi connectivity index (χ0n) is 13.0. The van der Waals surface area contributed by atoms with Crippen LogP contribution in [0.2, 0.25) is 0 Å². The maximum Gasteiger partial charge on any atom is 0.410 e. The van der Waals surface area contributed by atoms with Crippen LogP contribution < -0.4 is 5.32 Å². The summed E-state index contributed by atoms with van der Waals surface area (Å²) in [5.41, 5.74) is 1.14. The Labute approximate surface area is 133 Å². The van der Waals surface area contributed by atoms with Gasteiger partial charge in [-0.15, -0.1) is 0 Å². The number of benzene rings is 1. The maximum atomic E-state index is 11.9. The molecule has 1 N–H and O–H groups in total. The average Bonchev–Trinajstić information content (AvgIpc) is 2.31. The van der Waals surface area contributed by atoms with Gasteiger partial charge >= 0.3 is 6.09 Å². The van der Waals surface area contributed by atoms with Gasteiger partial charge in [-0.2, -0.15) is 0 Å². The summed E-state index contributed by atoms with van der Waals surface area (Å²) in [7, 11) is 1.53. The molecule has 0 aromatic heterocycles. The van der Waals surface area contributed by atoms with Gasteiger partial charge in [-0.1, -0.05) is 15.9 Å². The number of anilines is 1. The van der Waals surface area contributed by atoms with E-state index in [2.05, 4.69) is 21.2 Å². The van der Waals surface area contributed by atoms with E-state index in [0.717, 1.165) is 10.0 Å². The van der Waals surface area contributed by atoms with Crippen molar-refractivity contribution in [2.24, 2.45) is 0 Å². The van der Waals surface area contributed by atoms with Gasteiger partial charge in [0.1, 0.15) is 12.1 Å². The van der Waals surface area contributed by atoms with Gasteiger partial charge in [0.05, 0.1) is 0 Å². The summed E-state index contributed by atoms with van der Waals surface area (Å²) in [4.78, 5) is 24.9. The van der Waals surface area contributed by atoms with E-state index >= 15 is 0 Å². The van der Waals surface area contributed by atoms with Crippen LogP contribution in [0.3, 0.4) is 0 Å². The third-order valence-corrected chi connectivity index (χ3v) is 3.42. The van der Waals surface area contributed by atoms with E-state index in [1.165, 1.54) is 11.9 Å². The standard InChI is InChI=1S/C15H21BrN2O3/c1-10-8-11(6-7-12(10)16)17-13(19)9-18(5)14(20)21-15(2,3)4/h6-8H,9H2,1-5H3,(H,17,19). The predicted octanol–water partition coefficient (Wildman–Crippen LogP) is 3.56. The third kappa shape index (κ3) is 6.16. The highest BCUT2D eigenvalue weighted by Crippen LogP contribution is 2.20. The minimum atomic E-state index is -0.579. The Morgan fingerprint density at radius 1 is 1.33 bits per heavy atom. The maximum absolute atomic E-state index is 11.9. The number of ether oxygens (including phenoxy) is 1. The fraction of sp³-hybridized carbons (Fsp3) is 0.467. The van der Waals surface area contributed by atoms with Crippen molar-refractivity contribution in [2.45, 2.75) is 33.3 Å². The van der Waals surface area contributed by atoms with E-state index in [9.17, 15) is 9.59 Å². The molecule has 0 heterocycles. The van der Waals surface area contributed by atoms with Crippen LogP contribution in [-0.2, 0) is 9.53 Å². The Morgan fingerprint density at radius 2 is 1.95 bits per heavy atom. The van der Waals surface area contributed by atoms with Gasteiger partial charge in [0.25, 0.3) is 0 Å². The van der Waals surface area contributed by atoms with Crippen molar-refractivity contribution in [3.63, 3.8) is 0 Å². The number of rotatable bonds is 3. The second-order valence-corrected chi connectivity index (χ2v) is 6.70. The molecule has 0 aliphatic heterocycles. The number of hydrogen-bond acceptors (Lipinski definition) is 3. The molecule has 0 radical (unpaired) electrons. The Balaban J connectivity index is 2.57. The fourth-order valence-electron chi connectivity index (χ4n) is 1.54.